The topological polar surface area (TPSA) is 79.9 Å². The predicted molar refractivity (Wildman–Crippen MR) is 121 cm³/mol. The van der Waals surface area contributed by atoms with Crippen molar-refractivity contribution in [2.75, 3.05) is 14.2 Å². The smallest absolute Gasteiger partial charge is 0.498 e. The van der Waals surface area contributed by atoms with E-state index >= 15 is 0 Å². The van der Waals surface area contributed by atoms with Gasteiger partial charge in [0.2, 0.25) is 0 Å². The van der Waals surface area contributed by atoms with E-state index in [9.17, 15) is 43.9 Å². The largest absolute Gasteiger partial charge is 2.00 e. The van der Waals surface area contributed by atoms with Gasteiger partial charge in [-0.1, -0.05) is 6.20 Å². The van der Waals surface area contributed by atoms with Gasteiger partial charge in [-0.05, 0) is 32.2 Å². The summed E-state index contributed by atoms with van der Waals surface area (Å²) in [5, 5.41) is 0. The zero-order chi connectivity index (χ0) is 31.4. The summed E-state index contributed by atoms with van der Waals surface area (Å²) in [5.74, 6) is -6.73. The summed E-state index contributed by atoms with van der Waals surface area (Å²) in [6.07, 6.45) is -12.4. The molecule has 0 radical (unpaired) electrons. The number of ether oxygens (including phenoxy) is 2. The second-order valence-electron chi connectivity index (χ2n) is 9.02. The van der Waals surface area contributed by atoms with Gasteiger partial charge in [0.25, 0.3) is 0 Å². The zero-order valence-corrected chi connectivity index (χ0v) is 24.2. The molecule has 0 saturated carbocycles. The van der Waals surface area contributed by atoms with E-state index in [1.165, 1.54) is 39.3 Å². The number of alkyl halides is 9. The Morgan fingerprint density at radius 2 is 1.05 bits per heavy atom. The summed E-state index contributed by atoms with van der Waals surface area (Å²) in [6.45, 7) is 2.83. The SMILES string of the molecule is COc1cc(-n2[c-]c(F)nc2C(F)(F)F)nc(C(C)(C)c2cc(OC)cc(-n3[c-]c(C(F)(F)F)nc3C(F)(F)F)n2)c1.[Pt+2]. The molecular formula is C24H16F10N6O2Pt. The molecule has 4 aromatic heterocycles. The first kappa shape index (κ1) is 33.8. The van der Waals surface area contributed by atoms with Crippen molar-refractivity contribution < 1.29 is 74.4 Å². The van der Waals surface area contributed by atoms with Gasteiger partial charge < -0.3 is 18.6 Å². The first-order chi connectivity index (χ1) is 19.2. The van der Waals surface area contributed by atoms with Crippen molar-refractivity contribution in [3.8, 4) is 23.1 Å². The quantitative estimate of drug-likeness (QED) is 0.176. The minimum atomic E-state index is -5.35. The van der Waals surface area contributed by atoms with Crippen LogP contribution in [0.15, 0.2) is 24.3 Å². The van der Waals surface area contributed by atoms with E-state index in [1.807, 2.05) is 0 Å². The second kappa shape index (κ2) is 11.4. The fraction of sp³-hybridized carbons (Fsp3) is 0.333. The first-order valence-electron chi connectivity index (χ1n) is 11.3. The molecule has 0 N–H and O–H groups in total. The van der Waals surface area contributed by atoms with Crippen LogP contribution in [0.5, 0.6) is 11.5 Å². The van der Waals surface area contributed by atoms with E-state index in [0.29, 0.717) is 0 Å². The van der Waals surface area contributed by atoms with Gasteiger partial charge in [0.1, 0.15) is 23.1 Å². The van der Waals surface area contributed by atoms with Crippen molar-refractivity contribution in [2.45, 2.75) is 37.8 Å². The fourth-order valence-electron chi connectivity index (χ4n) is 3.71. The Balaban J connectivity index is 0.00000506. The monoisotopic (exact) mass is 805 g/mol. The summed E-state index contributed by atoms with van der Waals surface area (Å²) >= 11 is 0. The molecular weight excluding hydrogens is 789 g/mol. The number of imidazole rings is 2. The molecule has 0 aliphatic carbocycles. The average Bonchev–Trinajstić information content (AvgIpc) is 3.53. The van der Waals surface area contributed by atoms with Crippen molar-refractivity contribution >= 4 is 0 Å². The second-order valence-corrected chi connectivity index (χ2v) is 9.02. The first-order valence-corrected chi connectivity index (χ1v) is 11.3. The van der Waals surface area contributed by atoms with Crippen LogP contribution < -0.4 is 9.47 Å². The number of hydrogen-bond donors (Lipinski definition) is 0. The van der Waals surface area contributed by atoms with Crippen molar-refractivity contribution in [1.82, 2.24) is 29.1 Å². The van der Waals surface area contributed by atoms with Crippen LogP contribution in [0.1, 0.15) is 42.6 Å². The summed E-state index contributed by atoms with van der Waals surface area (Å²) in [5.41, 5.74) is -3.70. The Kier molecular flexibility index (Phi) is 8.98. The van der Waals surface area contributed by atoms with E-state index in [-0.39, 0.29) is 53.1 Å². The van der Waals surface area contributed by atoms with Gasteiger partial charge >= 0.3 is 39.6 Å². The third-order valence-corrected chi connectivity index (χ3v) is 5.82. The molecule has 4 rings (SSSR count). The summed E-state index contributed by atoms with van der Waals surface area (Å²) in [4.78, 5) is 13.7. The van der Waals surface area contributed by atoms with E-state index < -0.39 is 58.9 Å². The molecule has 43 heavy (non-hydrogen) atoms. The van der Waals surface area contributed by atoms with Crippen LogP contribution in [0.25, 0.3) is 11.6 Å². The maximum atomic E-state index is 13.7. The third-order valence-electron chi connectivity index (χ3n) is 5.82. The standard InChI is InChI=1S/C24H16F10N6O2.Pt/c1-21(2,14-6-12(42-4)8-18(36-14)40-10-16(25)38-20(40)24(32,33)34)13-5-11(41-3)7-17(35-13)39-9-15(22(26,27)28)37-19(39)23(29,30)31;/h5-8H,1-4H3;/q-2;+2. The van der Waals surface area contributed by atoms with Crippen molar-refractivity contribution in [1.29, 1.82) is 0 Å². The molecule has 0 aromatic carbocycles. The Morgan fingerprint density at radius 3 is 1.44 bits per heavy atom. The van der Waals surface area contributed by atoms with Gasteiger partial charge in [0.05, 0.1) is 19.9 Å². The van der Waals surface area contributed by atoms with Gasteiger partial charge in [0, 0.05) is 40.6 Å². The zero-order valence-electron chi connectivity index (χ0n) is 21.9. The maximum absolute atomic E-state index is 13.7. The molecule has 0 atom stereocenters. The van der Waals surface area contributed by atoms with Crippen LogP contribution in [0, 0.1) is 18.3 Å². The van der Waals surface area contributed by atoms with Gasteiger partial charge in [0.15, 0.2) is 5.95 Å². The number of halogens is 10. The molecule has 0 unspecified atom stereocenters. The minimum Gasteiger partial charge on any atom is -0.498 e. The molecule has 0 bridgehead atoms. The number of nitrogens with zero attached hydrogens (tertiary/aromatic N) is 6. The number of rotatable bonds is 6. The van der Waals surface area contributed by atoms with Gasteiger partial charge in [-0.3, -0.25) is 19.9 Å². The Labute approximate surface area is 250 Å². The third kappa shape index (κ3) is 6.78. The van der Waals surface area contributed by atoms with Gasteiger partial charge in [-0.25, -0.2) is 0 Å². The molecule has 8 nitrogen and oxygen atoms in total. The number of pyridine rings is 2. The molecule has 0 saturated heterocycles. The Hall–Kier alpha value is -3.69. The molecule has 0 aliphatic heterocycles. The van der Waals surface area contributed by atoms with Crippen LogP contribution in [-0.4, -0.2) is 43.3 Å². The molecule has 4 heterocycles. The molecule has 4 aromatic rings. The number of aromatic nitrogens is 6. The number of methoxy groups -OCH3 is 2. The van der Waals surface area contributed by atoms with E-state index in [0.717, 1.165) is 19.2 Å². The minimum absolute atomic E-state index is 0. The summed E-state index contributed by atoms with van der Waals surface area (Å²) in [7, 11) is 2.30. The van der Waals surface area contributed by atoms with E-state index in [4.69, 9.17) is 9.47 Å². The maximum Gasteiger partial charge on any atom is 2.00 e. The molecule has 234 valence electrons. The Morgan fingerprint density at radius 1 is 0.628 bits per heavy atom. The summed E-state index contributed by atoms with van der Waals surface area (Å²) in [6, 6.07) is 4.41. The average molecular weight is 805 g/mol. The van der Waals surface area contributed by atoms with Crippen LogP contribution in [-0.2, 0) is 45.0 Å². The number of hydrogen-bond acceptors (Lipinski definition) is 6. The summed E-state index contributed by atoms with van der Waals surface area (Å²) < 4.78 is 145. The van der Waals surface area contributed by atoms with Gasteiger partial charge in [-0.2, -0.15) is 43.9 Å². The fourth-order valence-corrected chi connectivity index (χ4v) is 3.71. The van der Waals surface area contributed by atoms with Crippen molar-refractivity contribution in [3.05, 3.63) is 71.3 Å². The van der Waals surface area contributed by atoms with E-state index in [1.54, 1.807) is 6.20 Å². The van der Waals surface area contributed by atoms with Crippen molar-refractivity contribution in [3.63, 3.8) is 0 Å². The van der Waals surface area contributed by atoms with Gasteiger partial charge in [-0.15, -0.1) is 0 Å². The molecule has 0 spiro atoms. The van der Waals surface area contributed by atoms with Crippen molar-refractivity contribution in [2.24, 2.45) is 0 Å². The molecule has 19 heteroatoms. The molecule has 0 fully saturated rings. The normalized spacial score (nSPS) is 12.7. The molecule has 0 amide bonds. The molecule has 0 aliphatic rings. The van der Waals surface area contributed by atoms with E-state index in [2.05, 4.69) is 19.9 Å². The van der Waals surface area contributed by atoms with Crippen LogP contribution in [0.3, 0.4) is 0 Å². The van der Waals surface area contributed by atoms with Crippen LogP contribution >= 0.6 is 0 Å². The van der Waals surface area contributed by atoms with Crippen LogP contribution in [0.4, 0.5) is 43.9 Å². The van der Waals surface area contributed by atoms with Crippen LogP contribution in [0.2, 0.25) is 0 Å². The Bertz CT molecular complexity index is 1630. The predicted octanol–water partition coefficient (Wildman–Crippen LogP) is 5.98.